The Labute approximate surface area is 124 Å². The van der Waals surface area contributed by atoms with E-state index in [1.54, 1.807) is 6.07 Å². The van der Waals surface area contributed by atoms with E-state index in [1.165, 1.54) is 12.3 Å². The number of aromatic nitrogens is 1. The molecule has 1 saturated heterocycles. The summed E-state index contributed by atoms with van der Waals surface area (Å²) < 4.78 is 26.6. The first kappa shape index (κ1) is 16.7. The number of nitrogens with one attached hydrogen (secondary N) is 2. The molecule has 1 aliphatic rings. The van der Waals surface area contributed by atoms with E-state index in [9.17, 15) is 8.42 Å². The summed E-state index contributed by atoms with van der Waals surface area (Å²) in [4.78, 5) is 3.82. The second kappa shape index (κ2) is 7.40. The lowest BCUT2D eigenvalue weighted by Gasteiger charge is -2.22. The zero-order chi connectivity index (χ0) is 13.0. The van der Waals surface area contributed by atoms with Crippen LogP contribution in [0.2, 0.25) is 5.02 Å². The van der Waals surface area contributed by atoms with Crippen molar-refractivity contribution in [2.24, 2.45) is 5.92 Å². The van der Waals surface area contributed by atoms with E-state index >= 15 is 0 Å². The van der Waals surface area contributed by atoms with Crippen molar-refractivity contribution in [3.8, 4) is 0 Å². The summed E-state index contributed by atoms with van der Waals surface area (Å²) in [7, 11) is -3.60. The molecule has 1 aliphatic heterocycles. The second-order valence-electron chi connectivity index (χ2n) is 4.34. The van der Waals surface area contributed by atoms with Crippen molar-refractivity contribution < 1.29 is 8.42 Å². The van der Waals surface area contributed by atoms with Crippen LogP contribution in [-0.2, 0) is 10.0 Å². The van der Waals surface area contributed by atoms with E-state index in [2.05, 4.69) is 15.0 Å². The molecule has 0 atom stereocenters. The van der Waals surface area contributed by atoms with Crippen molar-refractivity contribution in [2.45, 2.75) is 17.9 Å². The Morgan fingerprint density at radius 3 is 2.74 bits per heavy atom. The van der Waals surface area contributed by atoms with Crippen LogP contribution in [0.5, 0.6) is 0 Å². The van der Waals surface area contributed by atoms with E-state index < -0.39 is 10.0 Å². The highest BCUT2D eigenvalue weighted by molar-refractivity contribution is 7.89. The van der Waals surface area contributed by atoms with Crippen LogP contribution in [-0.4, -0.2) is 33.0 Å². The molecular weight excluding hydrogens is 309 g/mol. The van der Waals surface area contributed by atoms with Crippen LogP contribution in [0.15, 0.2) is 23.4 Å². The van der Waals surface area contributed by atoms with E-state index in [1.807, 2.05) is 0 Å². The molecule has 1 fully saturated rings. The van der Waals surface area contributed by atoms with E-state index in [4.69, 9.17) is 11.6 Å². The summed E-state index contributed by atoms with van der Waals surface area (Å²) in [5.41, 5.74) is 0. The predicted molar refractivity (Wildman–Crippen MR) is 77.3 cm³/mol. The standard InChI is InChI=1S/C11H16ClN3O2S.ClH/c12-10-2-1-5-14-11(10)18(16,17)15-8-9-3-6-13-7-4-9;/h1-2,5,9,13,15H,3-4,6-8H2;1H. The van der Waals surface area contributed by atoms with Gasteiger partial charge in [-0.25, -0.2) is 18.1 Å². The summed E-state index contributed by atoms with van der Waals surface area (Å²) >= 11 is 5.84. The normalized spacial score (nSPS) is 16.9. The number of sulfonamides is 1. The highest BCUT2D eigenvalue weighted by atomic mass is 35.5. The van der Waals surface area contributed by atoms with Crippen LogP contribution in [0.3, 0.4) is 0 Å². The quantitative estimate of drug-likeness (QED) is 0.878. The van der Waals surface area contributed by atoms with Crippen LogP contribution < -0.4 is 10.0 Å². The number of pyridine rings is 1. The third kappa shape index (κ3) is 4.57. The third-order valence-electron chi connectivity index (χ3n) is 3.00. The molecule has 0 radical (unpaired) electrons. The fraction of sp³-hybridized carbons (Fsp3) is 0.545. The maximum atomic E-state index is 12.0. The maximum Gasteiger partial charge on any atom is 0.259 e. The van der Waals surface area contributed by atoms with Crippen LogP contribution in [0.4, 0.5) is 0 Å². The molecular formula is C11H17Cl2N3O2S. The van der Waals surface area contributed by atoms with E-state index in [0.717, 1.165) is 25.9 Å². The zero-order valence-corrected chi connectivity index (χ0v) is 12.7. The van der Waals surface area contributed by atoms with Crippen molar-refractivity contribution in [3.63, 3.8) is 0 Å². The first-order chi connectivity index (χ1) is 8.59. The smallest absolute Gasteiger partial charge is 0.259 e. The first-order valence-electron chi connectivity index (χ1n) is 5.90. The van der Waals surface area contributed by atoms with Gasteiger partial charge in [0.15, 0.2) is 5.03 Å². The third-order valence-corrected chi connectivity index (χ3v) is 4.80. The van der Waals surface area contributed by atoms with Crippen LogP contribution in [0.25, 0.3) is 0 Å². The largest absolute Gasteiger partial charge is 0.317 e. The second-order valence-corrected chi connectivity index (χ2v) is 6.43. The van der Waals surface area contributed by atoms with Gasteiger partial charge in [0.05, 0.1) is 5.02 Å². The fourth-order valence-electron chi connectivity index (χ4n) is 1.95. The van der Waals surface area contributed by atoms with Crippen molar-refractivity contribution in [1.29, 1.82) is 0 Å². The Morgan fingerprint density at radius 2 is 2.11 bits per heavy atom. The molecule has 0 unspecified atom stereocenters. The van der Waals surface area contributed by atoms with Crippen LogP contribution >= 0.6 is 24.0 Å². The molecule has 0 amide bonds. The van der Waals surface area contributed by atoms with Gasteiger partial charge in [-0.15, -0.1) is 12.4 Å². The molecule has 0 bridgehead atoms. The summed E-state index contributed by atoms with van der Waals surface area (Å²) in [6.45, 7) is 2.32. The minimum atomic E-state index is -3.60. The monoisotopic (exact) mass is 325 g/mol. The molecule has 5 nitrogen and oxygen atoms in total. The van der Waals surface area contributed by atoms with E-state index in [-0.39, 0.29) is 22.5 Å². The number of nitrogens with zero attached hydrogens (tertiary/aromatic N) is 1. The van der Waals surface area contributed by atoms with Crippen molar-refractivity contribution in [2.75, 3.05) is 19.6 Å². The Bertz CT molecular complexity index is 504. The molecule has 108 valence electrons. The molecule has 8 heteroatoms. The topological polar surface area (TPSA) is 71.1 Å². The Morgan fingerprint density at radius 1 is 1.42 bits per heavy atom. The summed E-state index contributed by atoms with van der Waals surface area (Å²) in [6, 6.07) is 3.13. The fourth-order valence-corrected chi connectivity index (χ4v) is 3.49. The molecule has 0 aromatic carbocycles. The van der Waals surface area contributed by atoms with Gasteiger partial charge < -0.3 is 5.32 Å². The highest BCUT2D eigenvalue weighted by Gasteiger charge is 2.21. The van der Waals surface area contributed by atoms with Gasteiger partial charge in [0.25, 0.3) is 10.0 Å². The molecule has 19 heavy (non-hydrogen) atoms. The molecule has 2 rings (SSSR count). The number of hydrogen-bond donors (Lipinski definition) is 2. The van der Waals surface area contributed by atoms with Crippen molar-refractivity contribution in [1.82, 2.24) is 15.0 Å². The lowest BCUT2D eigenvalue weighted by molar-refractivity contribution is 0.372. The lowest BCUT2D eigenvalue weighted by atomic mass is 9.99. The minimum absolute atomic E-state index is 0. The molecule has 0 saturated carbocycles. The average Bonchev–Trinajstić information content (AvgIpc) is 2.38. The number of rotatable bonds is 4. The van der Waals surface area contributed by atoms with Gasteiger partial charge in [-0.05, 0) is 44.0 Å². The van der Waals surface area contributed by atoms with E-state index in [0.29, 0.717) is 12.5 Å². The van der Waals surface area contributed by atoms with Gasteiger partial charge in [-0.1, -0.05) is 11.6 Å². The Balaban J connectivity index is 0.00000180. The highest BCUT2D eigenvalue weighted by Crippen LogP contribution is 2.18. The molecule has 1 aromatic rings. The van der Waals surface area contributed by atoms with Gasteiger partial charge >= 0.3 is 0 Å². The minimum Gasteiger partial charge on any atom is -0.317 e. The number of piperidine rings is 1. The van der Waals surface area contributed by atoms with Crippen LogP contribution in [0.1, 0.15) is 12.8 Å². The number of halogens is 2. The Hall–Kier alpha value is -0.400. The zero-order valence-electron chi connectivity index (χ0n) is 10.3. The summed E-state index contributed by atoms with van der Waals surface area (Å²) in [6.07, 6.45) is 3.39. The molecule has 1 aromatic heterocycles. The molecule has 2 heterocycles. The maximum absolute atomic E-state index is 12.0. The molecule has 0 aliphatic carbocycles. The van der Waals surface area contributed by atoms with Crippen molar-refractivity contribution in [3.05, 3.63) is 23.4 Å². The lowest BCUT2D eigenvalue weighted by Crippen LogP contribution is -2.36. The van der Waals surface area contributed by atoms with Gasteiger partial charge in [0.1, 0.15) is 0 Å². The van der Waals surface area contributed by atoms with Gasteiger partial charge in [-0.2, -0.15) is 0 Å². The predicted octanol–water partition coefficient (Wildman–Crippen LogP) is 1.43. The average molecular weight is 326 g/mol. The summed E-state index contributed by atoms with van der Waals surface area (Å²) in [5, 5.41) is 3.29. The van der Waals surface area contributed by atoms with Gasteiger partial charge in [0, 0.05) is 12.7 Å². The van der Waals surface area contributed by atoms with Gasteiger partial charge in [-0.3, -0.25) is 0 Å². The molecule has 0 spiro atoms. The SMILES string of the molecule is Cl.O=S(=O)(NCC1CCNCC1)c1ncccc1Cl. The van der Waals surface area contributed by atoms with Crippen molar-refractivity contribution >= 4 is 34.0 Å². The first-order valence-corrected chi connectivity index (χ1v) is 7.76. The Kier molecular flexibility index (Phi) is 6.49. The summed E-state index contributed by atoms with van der Waals surface area (Å²) in [5.74, 6) is 0.378. The number of hydrogen-bond acceptors (Lipinski definition) is 4. The van der Waals surface area contributed by atoms with Crippen LogP contribution in [0, 0.1) is 5.92 Å². The van der Waals surface area contributed by atoms with Gasteiger partial charge in [0.2, 0.25) is 0 Å². The molecule has 2 N–H and O–H groups in total.